The van der Waals surface area contributed by atoms with E-state index in [1.54, 1.807) is 0 Å². The molecule has 1 N–H and O–H groups in total. The average Bonchev–Trinajstić information content (AvgIpc) is 2.41. The summed E-state index contributed by atoms with van der Waals surface area (Å²) in [4.78, 5) is 2.70. The summed E-state index contributed by atoms with van der Waals surface area (Å²) in [6.45, 7) is 13.7. The number of anilines is 2. The van der Waals surface area contributed by atoms with Crippen LogP contribution < -0.4 is 5.32 Å². The van der Waals surface area contributed by atoms with Crippen molar-refractivity contribution >= 4 is 23.1 Å². The summed E-state index contributed by atoms with van der Waals surface area (Å²) in [6, 6.07) is 13.4. The topological polar surface area (TPSA) is 12.0 Å². The van der Waals surface area contributed by atoms with Gasteiger partial charge in [0.25, 0.3) is 0 Å². The first-order valence-corrected chi connectivity index (χ1v) is 8.71. The van der Waals surface area contributed by atoms with E-state index in [0.717, 1.165) is 0 Å². The lowest BCUT2D eigenvalue weighted by Crippen LogP contribution is -2.15. The molecule has 0 radical (unpaired) electrons. The van der Waals surface area contributed by atoms with Crippen molar-refractivity contribution in [2.45, 2.75) is 62.2 Å². The Bertz CT molecular complexity index is 717. The molecule has 116 valence electrons. The first-order valence-electron chi connectivity index (χ1n) is 7.89. The van der Waals surface area contributed by atoms with Crippen LogP contribution in [0.3, 0.4) is 0 Å². The van der Waals surface area contributed by atoms with Crippen LogP contribution in [-0.4, -0.2) is 0 Å². The van der Waals surface area contributed by atoms with Gasteiger partial charge in [0, 0.05) is 9.79 Å². The zero-order valence-corrected chi connectivity index (χ0v) is 15.2. The van der Waals surface area contributed by atoms with E-state index < -0.39 is 0 Å². The third kappa shape index (κ3) is 2.77. The molecule has 2 aromatic carbocycles. The van der Waals surface area contributed by atoms with Gasteiger partial charge >= 0.3 is 0 Å². The minimum Gasteiger partial charge on any atom is -0.354 e. The second-order valence-electron chi connectivity index (χ2n) is 8.12. The predicted molar refractivity (Wildman–Crippen MR) is 97.7 cm³/mol. The average molecular weight is 311 g/mol. The van der Waals surface area contributed by atoms with E-state index >= 15 is 0 Å². The Morgan fingerprint density at radius 3 is 2.18 bits per heavy atom. The maximum Gasteiger partial charge on any atom is 0.0529 e. The Balaban J connectivity index is 2.08. The van der Waals surface area contributed by atoms with E-state index in [1.807, 2.05) is 11.8 Å². The molecule has 2 aromatic rings. The Kier molecular flexibility index (Phi) is 3.56. The van der Waals surface area contributed by atoms with Crippen molar-refractivity contribution in [2.75, 3.05) is 5.32 Å². The minimum atomic E-state index is 0.152. The van der Waals surface area contributed by atoms with Crippen molar-refractivity contribution < 1.29 is 0 Å². The number of hydrogen-bond donors (Lipinski definition) is 1. The molecule has 0 saturated carbocycles. The van der Waals surface area contributed by atoms with E-state index in [9.17, 15) is 0 Å². The number of fused-ring (bicyclic) bond motifs is 2. The third-order valence-corrected chi connectivity index (χ3v) is 5.35. The van der Waals surface area contributed by atoms with E-state index in [1.165, 1.54) is 32.3 Å². The Morgan fingerprint density at radius 1 is 0.818 bits per heavy atom. The number of nitrogens with one attached hydrogen (secondary N) is 1. The fourth-order valence-corrected chi connectivity index (χ4v) is 4.12. The molecule has 0 bridgehead atoms. The number of hydrogen-bond acceptors (Lipinski definition) is 2. The van der Waals surface area contributed by atoms with Crippen LogP contribution in [0.1, 0.15) is 52.7 Å². The first-order chi connectivity index (χ1) is 10.2. The summed E-state index contributed by atoms with van der Waals surface area (Å²) >= 11 is 1.90. The second-order valence-corrected chi connectivity index (χ2v) is 9.17. The lowest BCUT2D eigenvalue weighted by Gasteiger charge is -2.29. The molecule has 1 aliphatic heterocycles. The van der Waals surface area contributed by atoms with Crippen molar-refractivity contribution in [2.24, 2.45) is 0 Å². The van der Waals surface area contributed by atoms with Crippen molar-refractivity contribution in [1.29, 1.82) is 0 Å². The molecule has 1 aliphatic rings. The van der Waals surface area contributed by atoms with E-state index in [2.05, 4.69) is 83.3 Å². The molecule has 2 heteroatoms. The van der Waals surface area contributed by atoms with Gasteiger partial charge in [0.1, 0.15) is 0 Å². The van der Waals surface area contributed by atoms with Gasteiger partial charge in [-0.25, -0.2) is 0 Å². The molecule has 0 fully saturated rings. The normalized spacial score (nSPS) is 14.1. The van der Waals surface area contributed by atoms with Gasteiger partial charge in [-0.15, -0.1) is 0 Å². The fourth-order valence-electron chi connectivity index (χ4n) is 2.77. The van der Waals surface area contributed by atoms with Gasteiger partial charge in [-0.1, -0.05) is 71.5 Å². The van der Waals surface area contributed by atoms with Crippen LogP contribution >= 0.6 is 11.8 Å². The molecule has 0 aliphatic carbocycles. The van der Waals surface area contributed by atoms with Crippen LogP contribution in [0.25, 0.3) is 0 Å². The Morgan fingerprint density at radius 2 is 1.55 bits per heavy atom. The molecule has 0 aromatic heterocycles. The molecular formula is C20H25NS. The highest BCUT2D eigenvalue weighted by Crippen LogP contribution is 2.49. The molecule has 0 spiro atoms. The van der Waals surface area contributed by atoms with E-state index in [-0.39, 0.29) is 10.8 Å². The van der Waals surface area contributed by atoms with Gasteiger partial charge < -0.3 is 5.32 Å². The zero-order valence-electron chi connectivity index (χ0n) is 14.4. The number of rotatable bonds is 0. The summed E-state index contributed by atoms with van der Waals surface area (Å²) < 4.78 is 0. The molecule has 0 saturated heterocycles. The zero-order chi connectivity index (χ0) is 16.1. The highest BCUT2D eigenvalue weighted by Gasteiger charge is 2.25. The molecule has 0 atom stereocenters. The van der Waals surface area contributed by atoms with Gasteiger partial charge in [0.15, 0.2) is 0 Å². The van der Waals surface area contributed by atoms with Crippen molar-refractivity contribution in [3.63, 3.8) is 0 Å². The highest BCUT2D eigenvalue weighted by atomic mass is 32.2. The fraction of sp³-hybridized carbons (Fsp3) is 0.400. The van der Waals surface area contributed by atoms with Crippen LogP contribution in [0.5, 0.6) is 0 Å². The summed E-state index contributed by atoms with van der Waals surface area (Å²) in [5.74, 6) is 0. The number of benzene rings is 2. The summed E-state index contributed by atoms with van der Waals surface area (Å²) in [5, 5.41) is 3.61. The maximum absolute atomic E-state index is 3.61. The largest absolute Gasteiger partial charge is 0.354 e. The van der Waals surface area contributed by atoms with Crippen LogP contribution in [0.2, 0.25) is 0 Å². The quantitative estimate of drug-likeness (QED) is 0.509. The smallest absolute Gasteiger partial charge is 0.0529 e. The molecule has 22 heavy (non-hydrogen) atoms. The monoisotopic (exact) mass is 311 g/mol. The van der Waals surface area contributed by atoms with Crippen molar-refractivity contribution in [1.82, 2.24) is 0 Å². The van der Waals surface area contributed by atoms with Crippen LogP contribution in [-0.2, 0) is 10.8 Å². The molecule has 1 heterocycles. The van der Waals surface area contributed by atoms with Gasteiger partial charge in [0.2, 0.25) is 0 Å². The lowest BCUT2D eigenvalue weighted by molar-refractivity contribution is 0.578. The first kappa shape index (κ1) is 15.5. The Labute approximate surface area is 138 Å². The van der Waals surface area contributed by atoms with Crippen molar-refractivity contribution in [3.05, 3.63) is 47.5 Å². The summed E-state index contributed by atoms with van der Waals surface area (Å²) in [6.07, 6.45) is 0. The van der Waals surface area contributed by atoms with Crippen LogP contribution in [0, 0.1) is 0 Å². The summed E-state index contributed by atoms with van der Waals surface area (Å²) in [5.41, 5.74) is 5.58. The van der Waals surface area contributed by atoms with Gasteiger partial charge in [-0.3, -0.25) is 0 Å². The van der Waals surface area contributed by atoms with E-state index in [4.69, 9.17) is 0 Å². The molecule has 0 unspecified atom stereocenters. The minimum absolute atomic E-state index is 0.152. The third-order valence-electron chi connectivity index (χ3n) is 4.15. The highest BCUT2D eigenvalue weighted by molar-refractivity contribution is 7.99. The molecule has 0 amide bonds. The SMILES string of the molecule is CC(C)(C)c1ccc2c(c1)Sc1c(cccc1C(C)(C)C)N2. The predicted octanol–water partition coefficient (Wildman–Crippen LogP) is 6.49. The molecule has 1 nitrogen and oxygen atoms in total. The maximum atomic E-state index is 3.61. The second kappa shape index (κ2) is 5.06. The van der Waals surface area contributed by atoms with E-state index in [0.29, 0.717) is 0 Å². The van der Waals surface area contributed by atoms with Crippen LogP contribution in [0.15, 0.2) is 46.2 Å². The van der Waals surface area contributed by atoms with Crippen molar-refractivity contribution in [3.8, 4) is 0 Å². The standard InChI is InChI=1S/C20H25NS/c1-19(2,3)13-10-11-15-17(12-13)22-18-14(20(4,5)6)8-7-9-16(18)21-15/h7-12,21H,1-6H3. The summed E-state index contributed by atoms with van der Waals surface area (Å²) in [7, 11) is 0. The lowest BCUT2D eigenvalue weighted by atomic mass is 9.86. The van der Waals surface area contributed by atoms with Gasteiger partial charge in [-0.05, 0) is 40.2 Å². The Hall–Kier alpha value is -1.41. The molecular weight excluding hydrogens is 286 g/mol. The van der Waals surface area contributed by atoms with Crippen LogP contribution in [0.4, 0.5) is 11.4 Å². The van der Waals surface area contributed by atoms with Gasteiger partial charge in [0.05, 0.1) is 11.4 Å². The van der Waals surface area contributed by atoms with Gasteiger partial charge in [-0.2, -0.15) is 0 Å². The molecule has 3 rings (SSSR count).